The van der Waals surface area contributed by atoms with E-state index >= 15 is 0 Å². The first kappa shape index (κ1) is 71.0. The quantitative estimate of drug-likeness (QED) is 0.0444. The fraction of sp³-hybridized carbons (Fsp3) is 0.333. The van der Waals surface area contributed by atoms with E-state index in [9.17, 15) is 13.2 Å². The number of hydrogen-bond donors (Lipinski definition) is 3. The molecule has 6 aromatic heterocycles. The van der Waals surface area contributed by atoms with Gasteiger partial charge in [-0.15, -0.1) is 0 Å². The molecular weight excluding hydrogens is 1280 g/mol. The van der Waals surface area contributed by atoms with Crippen molar-refractivity contribution in [2.45, 2.75) is 77.0 Å². The third-order valence-electron chi connectivity index (χ3n) is 16.7. The molecule has 3 aliphatic carbocycles. The van der Waals surface area contributed by atoms with Crippen LogP contribution in [-0.4, -0.2) is 144 Å². The van der Waals surface area contributed by atoms with Crippen molar-refractivity contribution in [1.29, 1.82) is 0 Å². The molecule has 0 spiro atoms. The van der Waals surface area contributed by atoms with E-state index in [4.69, 9.17) is 60.1 Å². The lowest BCUT2D eigenvalue weighted by Crippen LogP contribution is -2.24. The van der Waals surface area contributed by atoms with Gasteiger partial charge in [0.2, 0.25) is 35.5 Å². The summed E-state index contributed by atoms with van der Waals surface area (Å²) >= 11 is 0. The number of nitrogen functional groups attached to an aromatic ring is 3. The standard InChI is InChI=1S/3C24H26FN5O3/c3*1-14-23-20(29-24(26)27-14)11-15(12-21(23)30-33-10-9-31-2)17-8-7-16(25)13-18(17)19-5-4-6-22(28-19)32-3/h3*4-8,13,15H,9-12H2,1-3H3,(H2,26,27,29)/b3*30-21+/t2*15-;/m10./s1. The lowest BCUT2D eigenvalue weighted by molar-refractivity contribution is 0.0747. The van der Waals surface area contributed by atoms with Gasteiger partial charge in [-0.1, -0.05) is 51.9 Å². The molecule has 3 aromatic carbocycles. The lowest BCUT2D eigenvalue weighted by atomic mass is 9.79. The largest absolute Gasteiger partial charge is 0.481 e. The fourth-order valence-corrected chi connectivity index (χ4v) is 12.5. The van der Waals surface area contributed by atoms with Gasteiger partial charge in [0.25, 0.3) is 0 Å². The van der Waals surface area contributed by atoms with Crippen LogP contribution in [0.1, 0.15) is 105 Å². The van der Waals surface area contributed by atoms with Crippen LogP contribution in [0.15, 0.2) is 125 Å². The Balaban J connectivity index is 0.000000161. The molecule has 0 fully saturated rings. The number of methoxy groups -OCH3 is 6. The van der Waals surface area contributed by atoms with Crippen molar-refractivity contribution < 1.29 is 56.1 Å². The first-order chi connectivity index (χ1) is 48.0. The Hall–Kier alpha value is -10.8. The summed E-state index contributed by atoms with van der Waals surface area (Å²) in [7, 11) is 9.46. The lowest BCUT2D eigenvalue weighted by Gasteiger charge is -2.27. The minimum Gasteiger partial charge on any atom is -0.481 e. The number of oxime groups is 3. The van der Waals surface area contributed by atoms with E-state index < -0.39 is 0 Å². The van der Waals surface area contributed by atoms with Gasteiger partial charge in [0.15, 0.2) is 0 Å². The first-order valence-electron chi connectivity index (χ1n) is 31.9. The van der Waals surface area contributed by atoms with E-state index in [1.165, 1.54) is 36.4 Å². The zero-order valence-corrected chi connectivity index (χ0v) is 56.5. The summed E-state index contributed by atoms with van der Waals surface area (Å²) in [5, 5.41) is 13.1. The number of halogens is 3. The Morgan fingerprint density at radius 2 is 0.646 bits per heavy atom. The third kappa shape index (κ3) is 17.5. The highest BCUT2D eigenvalue weighted by Crippen LogP contribution is 2.42. The first-order valence-corrected chi connectivity index (χ1v) is 31.9. The highest BCUT2D eigenvalue weighted by atomic mass is 19.1. The van der Waals surface area contributed by atoms with E-state index in [1.54, 1.807) is 79.1 Å². The number of nitrogens with two attached hydrogens (primary N) is 3. The molecule has 1 unspecified atom stereocenters. The van der Waals surface area contributed by atoms with Crippen LogP contribution in [0, 0.1) is 38.2 Å². The Morgan fingerprint density at radius 3 is 0.909 bits per heavy atom. The van der Waals surface area contributed by atoms with Gasteiger partial charge < -0.3 is 60.1 Å². The maximum atomic E-state index is 14.3. The van der Waals surface area contributed by atoms with Crippen molar-refractivity contribution in [3.05, 3.63) is 194 Å². The zero-order valence-electron chi connectivity index (χ0n) is 56.5. The summed E-state index contributed by atoms with van der Waals surface area (Å²) in [4.78, 5) is 56.4. The summed E-state index contributed by atoms with van der Waals surface area (Å²) in [6, 6.07) is 30.5. The number of benzene rings is 3. The van der Waals surface area contributed by atoms with Crippen LogP contribution >= 0.6 is 0 Å². The molecule has 0 radical (unpaired) electrons. The molecule has 3 aliphatic rings. The average molecular weight is 1350 g/mol. The van der Waals surface area contributed by atoms with Gasteiger partial charge in [-0.25, -0.2) is 58.0 Å². The minimum absolute atomic E-state index is 0.0421. The molecule has 0 amide bonds. The SMILES string of the molecule is COCCO/N=C1\CC(c2ccc(F)cc2-c2cccc(OC)n2)Cc2nc(N)nc(C)c21.COCCO/N=C1\C[C@@H](c2ccc(F)cc2-c2cccc(OC)n2)Cc2nc(N)nc(C)c21.COCCO/N=C1\C[C@H](c2ccc(F)cc2-c2cccc(OC)n2)Cc2nc(N)nc(C)c21. The Morgan fingerprint density at radius 1 is 0.364 bits per heavy atom. The summed E-state index contributed by atoms with van der Waals surface area (Å²) in [6.45, 7) is 7.89. The summed E-state index contributed by atoms with van der Waals surface area (Å²) in [6.07, 6.45) is 3.50. The number of anilines is 3. The van der Waals surface area contributed by atoms with Crippen LogP contribution in [0.3, 0.4) is 0 Å². The number of fused-ring (bicyclic) bond motifs is 3. The summed E-state index contributed by atoms with van der Waals surface area (Å²) in [5.74, 6) is 0.862. The van der Waals surface area contributed by atoms with Gasteiger partial charge in [0.05, 0.1) is 110 Å². The van der Waals surface area contributed by atoms with Gasteiger partial charge in [-0.2, -0.15) is 0 Å². The minimum atomic E-state index is -0.339. The zero-order chi connectivity index (χ0) is 70.1. The Labute approximate surface area is 571 Å². The van der Waals surface area contributed by atoms with E-state index in [2.05, 4.69) is 60.3 Å². The molecule has 6 heterocycles. The van der Waals surface area contributed by atoms with Crippen molar-refractivity contribution in [3.63, 3.8) is 0 Å². The second-order valence-corrected chi connectivity index (χ2v) is 23.3. The highest BCUT2D eigenvalue weighted by Gasteiger charge is 2.34. The second kappa shape index (κ2) is 33.5. The van der Waals surface area contributed by atoms with Crippen LogP contribution < -0.4 is 31.4 Å². The van der Waals surface area contributed by atoms with E-state index in [0.29, 0.717) is 130 Å². The molecule has 3 atom stereocenters. The predicted molar refractivity (Wildman–Crippen MR) is 368 cm³/mol. The number of ether oxygens (including phenoxy) is 6. The van der Waals surface area contributed by atoms with Gasteiger partial charge in [0, 0.05) is 92.2 Å². The summed E-state index contributed by atoms with van der Waals surface area (Å²) < 4.78 is 73.8. The number of hydrogen-bond acceptors (Lipinski definition) is 24. The maximum Gasteiger partial charge on any atom is 0.220 e. The van der Waals surface area contributed by atoms with Crippen molar-refractivity contribution >= 4 is 35.0 Å². The molecule has 24 nitrogen and oxygen atoms in total. The molecule has 12 rings (SSSR count). The van der Waals surface area contributed by atoms with Crippen molar-refractivity contribution in [2.24, 2.45) is 15.5 Å². The van der Waals surface area contributed by atoms with Crippen LogP contribution in [0.25, 0.3) is 33.8 Å². The van der Waals surface area contributed by atoms with E-state index in [-0.39, 0.29) is 53.1 Å². The van der Waals surface area contributed by atoms with Gasteiger partial charge in [-0.3, -0.25) is 0 Å². The number of nitrogens with zero attached hydrogens (tertiary/aromatic N) is 12. The molecule has 0 bridgehead atoms. The fourth-order valence-electron chi connectivity index (χ4n) is 12.5. The normalized spacial score (nSPS) is 16.5. The second-order valence-electron chi connectivity index (χ2n) is 23.3. The monoisotopic (exact) mass is 1350 g/mol. The molecule has 0 saturated carbocycles. The molecule has 99 heavy (non-hydrogen) atoms. The number of aromatic nitrogens is 9. The van der Waals surface area contributed by atoms with Crippen molar-refractivity contribution in [2.75, 3.05) is 99.5 Å². The van der Waals surface area contributed by atoms with Crippen molar-refractivity contribution in [1.82, 2.24) is 44.9 Å². The molecule has 0 aliphatic heterocycles. The van der Waals surface area contributed by atoms with E-state index in [1.807, 2.05) is 57.2 Å². The van der Waals surface area contributed by atoms with Crippen LogP contribution in [0.4, 0.5) is 31.0 Å². The maximum absolute atomic E-state index is 14.3. The van der Waals surface area contributed by atoms with Crippen LogP contribution in [0.2, 0.25) is 0 Å². The molecular formula is C72H78F3N15O9. The molecule has 0 saturated heterocycles. The number of aryl methyl sites for hydroxylation is 3. The Bertz CT molecular complexity index is 3990. The van der Waals surface area contributed by atoms with Crippen LogP contribution in [-0.2, 0) is 48.0 Å². The topological polar surface area (TPSA) is 314 Å². The third-order valence-corrected chi connectivity index (χ3v) is 16.7. The Kier molecular flexibility index (Phi) is 24.0. The smallest absolute Gasteiger partial charge is 0.220 e. The molecule has 516 valence electrons. The van der Waals surface area contributed by atoms with Gasteiger partial charge >= 0.3 is 0 Å². The van der Waals surface area contributed by atoms with E-state index in [0.717, 1.165) is 84.7 Å². The van der Waals surface area contributed by atoms with Crippen molar-refractivity contribution in [3.8, 4) is 51.4 Å². The molecule has 6 N–H and O–H groups in total. The average Bonchev–Trinajstić information content (AvgIpc) is 0.782. The number of pyridine rings is 3. The van der Waals surface area contributed by atoms with Crippen LogP contribution in [0.5, 0.6) is 17.6 Å². The number of rotatable bonds is 21. The highest BCUT2D eigenvalue weighted by molar-refractivity contribution is 6.05. The molecule has 27 heteroatoms. The summed E-state index contributed by atoms with van der Waals surface area (Å²) in [5.41, 5.74) is 33.9. The predicted octanol–water partition coefficient (Wildman–Crippen LogP) is 11.0. The molecule has 9 aromatic rings. The van der Waals surface area contributed by atoms with Gasteiger partial charge in [-0.05, 0) is 129 Å². The van der Waals surface area contributed by atoms with Gasteiger partial charge in [0.1, 0.15) is 37.3 Å².